The van der Waals surface area contributed by atoms with E-state index in [1.807, 2.05) is 73.7 Å². The zero-order chi connectivity index (χ0) is 19.2. The van der Waals surface area contributed by atoms with Crippen molar-refractivity contribution in [2.24, 2.45) is 0 Å². The van der Waals surface area contributed by atoms with Gasteiger partial charge in [-0.25, -0.2) is 4.98 Å². The van der Waals surface area contributed by atoms with Crippen LogP contribution in [0.15, 0.2) is 78.9 Å². The third-order valence-corrected chi connectivity index (χ3v) is 4.33. The number of hydrogen-bond donors (Lipinski definition) is 2. The molecule has 4 aromatic rings. The molecule has 0 radical (unpaired) electrons. The van der Waals surface area contributed by atoms with Crippen LogP contribution >= 0.6 is 12.4 Å². The predicted octanol–water partition coefficient (Wildman–Crippen LogP) is 5.81. The lowest BCUT2D eigenvalue weighted by Gasteiger charge is -2.12. The van der Waals surface area contributed by atoms with E-state index in [1.165, 1.54) is 5.56 Å². The van der Waals surface area contributed by atoms with Crippen molar-refractivity contribution < 1.29 is 4.74 Å². The van der Waals surface area contributed by atoms with Crippen LogP contribution in [0.25, 0.3) is 10.9 Å². The van der Waals surface area contributed by atoms with Crippen LogP contribution in [0.3, 0.4) is 0 Å². The van der Waals surface area contributed by atoms with Gasteiger partial charge in [0.25, 0.3) is 0 Å². The minimum atomic E-state index is 0. The largest absolute Gasteiger partial charge is 0.494 e. The van der Waals surface area contributed by atoms with Crippen LogP contribution in [0, 0.1) is 0 Å². The van der Waals surface area contributed by atoms with E-state index in [0.29, 0.717) is 19.1 Å². The number of benzene rings is 3. The van der Waals surface area contributed by atoms with Gasteiger partial charge in [0.05, 0.1) is 12.1 Å². The van der Waals surface area contributed by atoms with Crippen molar-refractivity contribution in [3.63, 3.8) is 0 Å². The summed E-state index contributed by atoms with van der Waals surface area (Å²) in [7, 11) is 0. The summed E-state index contributed by atoms with van der Waals surface area (Å²) in [5.74, 6) is 2.21. The summed E-state index contributed by atoms with van der Waals surface area (Å²) in [4.78, 5) is 9.36. The molecular formula is C23H23ClN4O. The van der Waals surface area contributed by atoms with E-state index in [2.05, 4.69) is 27.8 Å². The number of nitrogens with zero attached hydrogens (tertiary/aromatic N) is 2. The minimum absolute atomic E-state index is 0. The molecule has 148 valence electrons. The van der Waals surface area contributed by atoms with Gasteiger partial charge in [0, 0.05) is 17.6 Å². The Labute approximate surface area is 176 Å². The lowest BCUT2D eigenvalue weighted by Crippen LogP contribution is -2.05. The Morgan fingerprint density at radius 1 is 0.828 bits per heavy atom. The van der Waals surface area contributed by atoms with Crippen molar-refractivity contribution in [3.05, 3.63) is 84.4 Å². The van der Waals surface area contributed by atoms with Gasteiger partial charge in [0.15, 0.2) is 0 Å². The van der Waals surface area contributed by atoms with Crippen LogP contribution in [0.4, 0.5) is 17.5 Å². The SMILES string of the molecule is CCOc1ccc(Nc2nc(NCc3ccccc3)c3ccccc3n2)cc1.Cl. The van der Waals surface area contributed by atoms with Crippen LogP contribution in [0.1, 0.15) is 12.5 Å². The van der Waals surface area contributed by atoms with Crippen molar-refractivity contribution >= 4 is 40.8 Å². The molecular weight excluding hydrogens is 384 g/mol. The van der Waals surface area contributed by atoms with Gasteiger partial charge >= 0.3 is 0 Å². The van der Waals surface area contributed by atoms with Crippen molar-refractivity contribution in [1.29, 1.82) is 0 Å². The van der Waals surface area contributed by atoms with Gasteiger partial charge in [0.1, 0.15) is 11.6 Å². The first-order chi connectivity index (χ1) is 13.8. The summed E-state index contributed by atoms with van der Waals surface area (Å²) < 4.78 is 5.49. The van der Waals surface area contributed by atoms with Crippen molar-refractivity contribution in [2.75, 3.05) is 17.2 Å². The molecule has 0 aliphatic carbocycles. The summed E-state index contributed by atoms with van der Waals surface area (Å²) in [5, 5.41) is 7.73. The number of aromatic nitrogens is 2. The Kier molecular flexibility index (Phi) is 6.87. The smallest absolute Gasteiger partial charge is 0.229 e. The maximum atomic E-state index is 5.49. The molecule has 0 saturated heterocycles. The lowest BCUT2D eigenvalue weighted by atomic mass is 10.2. The molecule has 0 fully saturated rings. The summed E-state index contributed by atoms with van der Waals surface area (Å²) in [6, 6.07) is 26.1. The van der Waals surface area contributed by atoms with Crippen LogP contribution in [0.2, 0.25) is 0 Å². The highest BCUT2D eigenvalue weighted by molar-refractivity contribution is 5.90. The molecule has 1 aromatic heterocycles. The molecule has 0 unspecified atom stereocenters. The number of anilines is 3. The van der Waals surface area contributed by atoms with E-state index in [9.17, 15) is 0 Å². The Hall–Kier alpha value is -3.31. The summed E-state index contributed by atoms with van der Waals surface area (Å²) in [6.07, 6.45) is 0. The summed E-state index contributed by atoms with van der Waals surface area (Å²) in [6.45, 7) is 3.32. The Morgan fingerprint density at radius 3 is 2.31 bits per heavy atom. The first-order valence-corrected chi connectivity index (χ1v) is 9.36. The van der Waals surface area contributed by atoms with Crippen LogP contribution in [0.5, 0.6) is 5.75 Å². The first-order valence-electron chi connectivity index (χ1n) is 9.36. The number of nitrogens with one attached hydrogen (secondary N) is 2. The third kappa shape index (κ3) is 5.15. The predicted molar refractivity (Wildman–Crippen MR) is 121 cm³/mol. The Bertz CT molecular complexity index is 1060. The molecule has 29 heavy (non-hydrogen) atoms. The van der Waals surface area contributed by atoms with Gasteiger partial charge in [-0.1, -0.05) is 42.5 Å². The number of rotatable bonds is 7. The molecule has 0 spiro atoms. The highest BCUT2D eigenvalue weighted by Gasteiger charge is 2.08. The Morgan fingerprint density at radius 2 is 1.55 bits per heavy atom. The molecule has 0 bridgehead atoms. The maximum absolute atomic E-state index is 5.49. The number of hydrogen-bond acceptors (Lipinski definition) is 5. The second-order valence-electron chi connectivity index (χ2n) is 6.33. The van der Waals surface area contributed by atoms with Gasteiger partial charge in [-0.15, -0.1) is 12.4 Å². The number of halogens is 1. The highest BCUT2D eigenvalue weighted by Crippen LogP contribution is 2.25. The second kappa shape index (κ2) is 9.75. The van der Waals surface area contributed by atoms with Gasteiger partial charge in [-0.2, -0.15) is 4.98 Å². The topological polar surface area (TPSA) is 59.1 Å². The molecule has 0 saturated carbocycles. The van der Waals surface area contributed by atoms with Crippen LogP contribution in [-0.2, 0) is 6.54 Å². The molecule has 4 rings (SSSR count). The third-order valence-electron chi connectivity index (χ3n) is 4.33. The van der Waals surface area contributed by atoms with Crippen molar-refractivity contribution in [2.45, 2.75) is 13.5 Å². The van der Waals surface area contributed by atoms with Crippen LogP contribution in [-0.4, -0.2) is 16.6 Å². The van der Waals surface area contributed by atoms with E-state index >= 15 is 0 Å². The fraction of sp³-hybridized carbons (Fsp3) is 0.130. The minimum Gasteiger partial charge on any atom is -0.494 e. The fourth-order valence-corrected chi connectivity index (χ4v) is 2.98. The van der Waals surface area contributed by atoms with Crippen molar-refractivity contribution in [1.82, 2.24) is 9.97 Å². The average Bonchev–Trinajstić information content (AvgIpc) is 2.74. The Balaban J connectivity index is 0.00000240. The number of para-hydroxylation sites is 1. The van der Waals surface area contributed by atoms with Crippen LogP contribution < -0.4 is 15.4 Å². The van der Waals surface area contributed by atoms with Gasteiger partial charge < -0.3 is 15.4 Å². The van der Waals surface area contributed by atoms with E-state index in [-0.39, 0.29) is 12.4 Å². The molecule has 0 aliphatic heterocycles. The highest BCUT2D eigenvalue weighted by atomic mass is 35.5. The second-order valence-corrected chi connectivity index (χ2v) is 6.33. The van der Waals surface area contributed by atoms with Gasteiger partial charge in [-0.05, 0) is 48.9 Å². The molecule has 6 heteroatoms. The number of ether oxygens (including phenoxy) is 1. The average molecular weight is 407 g/mol. The molecule has 3 aromatic carbocycles. The molecule has 0 atom stereocenters. The standard InChI is InChI=1S/C23H22N4O.ClH/c1-2-28-19-14-12-18(13-15-19)25-23-26-21-11-7-6-10-20(21)22(27-23)24-16-17-8-4-3-5-9-17;/h3-15H,2,16H2,1H3,(H2,24,25,26,27);1H. The number of fused-ring (bicyclic) bond motifs is 1. The summed E-state index contributed by atoms with van der Waals surface area (Å²) in [5.41, 5.74) is 3.00. The fourth-order valence-electron chi connectivity index (χ4n) is 2.98. The van der Waals surface area contributed by atoms with E-state index < -0.39 is 0 Å². The van der Waals surface area contributed by atoms with Gasteiger partial charge in [0.2, 0.25) is 5.95 Å². The van der Waals surface area contributed by atoms with E-state index in [0.717, 1.165) is 28.2 Å². The maximum Gasteiger partial charge on any atom is 0.229 e. The molecule has 1 heterocycles. The lowest BCUT2D eigenvalue weighted by molar-refractivity contribution is 0.340. The zero-order valence-corrected chi connectivity index (χ0v) is 16.9. The first kappa shape index (κ1) is 20.4. The van der Waals surface area contributed by atoms with E-state index in [1.54, 1.807) is 0 Å². The molecule has 0 amide bonds. The summed E-state index contributed by atoms with van der Waals surface area (Å²) >= 11 is 0. The normalized spacial score (nSPS) is 10.2. The molecule has 0 aliphatic rings. The van der Waals surface area contributed by atoms with E-state index in [4.69, 9.17) is 9.72 Å². The molecule has 5 nitrogen and oxygen atoms in total. The van der Waals surface area contributed by atoms with Gasteiger partial charge in [-0.3, -0.25) is 0 Å². The quantitative estimate of drug-likeness (QED) is 0.405. The monoisotopic (exact) mass is 406 g/mol. The van der Waals surface area contributed by atoms with Crippen molar-refractivity contribution in [3.8, 4) is 5.75 Å². The zero-order valence-electron chi connectivity index (χ0n) is 16.1. The molecule has 2 N–H and O–H groups in total.